The normalized spacial score (nSPS) is 12.2. The van der Waals surface area contributed by atoms with Crippen LogP contribution in [-0.4, -0.2) is 11.0 Å². The standard InChI is InChI=1S/C12H15NO2/c1-4-11(15-12(14)9(2)3)10-7-5-6-8-13-10/h4-9,11H,1H2,2-3H3/t11-/m1/s1. The van der Waals surface area contributed by atoms with Crippen LogP contribution in [0.1, 0.15) is 25.6 Å². The minimum atomic E-state index is -0.457. The minimum absolute atomic E-state index is 0.142. The molecule has 0 amide bonds. The monoisotopic (exact) mass is 205 g/mol. The number of pyridine rings is 1. The first-order valence-corrected chi connectivity index (χ1v) is 4.89. The zero-order valence-corrected chi connectivity index (χ0v) is 9.01. The number of aromatic nitrogens is 1. The maximum Gasteiger partial charge on any atom is 0.309 e. The average molecular weight is 205 g/mol. The summed E-state index contributed by atoms with van der Waals surface area (Å²) in [6.45, 7) is 7.22. The molecule has 1 heterocycles. The SMILES string of the molecule is C=C[C@@H](OC(=O)C(C)C)c1ccccn1. The number of hydrogen-bond acceptors (Lipinski definition) is 3. The van der Waals surface area contributed by atoms with Gasteiger partial charge in [-0.1, -0.05) is 26.5 Å². The summed E-state index contributed by atoms with van der Waals surface area (Å²) in [7, 11) is 0. The van der Waals surface area contributed by atoms with Gasteiger partial charge in [-0.3, -0.25) is 9.78 Å². The summed E-state index contributed by atoms with van der Waals surface area (Å²) in [6, 6.07) is 5.47. The third kappa shape index (κ3) is 3.20. The molecule has 0 aliphatic rings. The van der Waals surface area contributed by atoms with Gasteiger partial charge in [0, 0.05) is 6.20 Å². The first-order valence-electron chi connectivity index (χ1n) is 4.89. The molecule has 0 aromatic carbocycles. The largest absolute Gasteiger partial charge is 0.451 e. The third-order valence-corrected chi connectivity index (χ3v) is 1.91. The molecule has 1 atom stereocenters. The van der Waals surface area contributed by atoms with Gasteiger partial charge in [0.15, 0.2) is 6.10 Å². The van der Waals surface area contributed by atoms with Crippen LogP contribution in [0.2, 0.25) is 0 Å². The Hall–Kier alpha value is -1.64. The summed E-state index contributed by atoms with van der Waals surface area (Å²) < 4.78 is 5.23. The summed E-state index contributed by atoms with van der Waals surface area (Å²) >= 11 is 0. The lowest BCUT2D eigenvalue weighted by Crippen LogP contribution is -2.15. The number of hydrogen-bond donors (Lipinski definition) is 0. The first-order chi connectivity index (χ1) is 7.15. The van der Waals surface area contributed by atoms with E-state index in [2.05, 4.69) is 11.6 Å². The van der Waals surface area contributed by atoms with Crippen molar-refractivity contribution in [1.82, 2.24) is 4.98 Å². The molecule has 0 bridgehead atoms. The molecule has 0 saturated carbocycles. The molecule has 0 saturated heterocycles. The average Bonchev–Trinajstić information content (AvgIpc) is 2.26. The molecule has 0 fully saturated rings. The van der Waals surface area contributed by atoms with E-state index >= 15 is 0 Å². The number of carbonyl (C=O) groups excluding carboxylic acids is 1. The Morgan fingerprint density at radius 2 is 2.27 bits per heavy atom. The van der Waals surface area contributed by atoms with Crippen LogP contribution in [0.5, 0.6) is 0 Å². The molecule has 0 spiro atoms. The minimum Gasteiger partial charge on any atom is -0.451 e. The van der Waals surface area contributed by atoms with Gasteiger partial charge in [-0.05, 0) is 18.2 Å². The van der Waals surface area contributed by atoms with Crippen LogP contribution in [0.3, 0.4) is 0 Å². The molecule has 0 unspecified atom stereocenters. The molecular formula is C12H15NO2. The van der Waals surface area contributed by atoms with Crippen LogP contribution in [0.15, 0.2) is 37.1 Å². The summed E-state index contributed by atoms with van der Waals surface area (Å²) in [6.07, 6.45) is 2.78. The Balaban J connectivity index is 2.73. The van der Waals surface area contributed by atoms with Crippen molar-refractivity contribution in [3.05, 3.63) is 42.7 Å². The van der Waals surface area contributed by atoms with Crippen molar-refractivity contribution in [2.75, 3.05) is 0 Å². The lowest BCUT2D eigenvalue weighted by Gasteiger charge is -2.14. The van der Waals surface area contributed by atoms with Gasteiger partial charge in [0.2, 0.25) is 0 Å². The quantitative estimate of drug-likeness (QED) is 0.560. The fraction of sp³-hybridized carbons (Fsp3) is 0.333. The van der Waals surface area contributed by atoms with Crippen LogP contribution in [0.4, 0.5) is 0 Å². The number of rotatable bonds is 4. The Kier molecular flexibility index (Phi) is 4.03. The number of ether oxygens (including phenoxy) is 1. The molecule has 0 aliphatic carbocycles. The molecule has 1 aromatic heterocycles. The van der Waals surface area contributed by atoms with Crippen LogP contribution >= 0.6 is 0 Å². The maximum absolute atomic E-state index is 11.4. The van der Waals surface area contributed by atoms with Crippen molar-refractivity contribution in [3.8, 4) is 0 Å². The van der Waals surface area contributed by atoms with Crippen molar-refractivity contribution in [3.63, 3.8) is 0 Å². The molecule has 0 aliphatic heterocycles. The molecule has 1 rings (SSSR count). The maximum atomic E-state index is 11.4. The molecule has 0 N–H and O–H groups in total. The molecule has 3 heteroatoms. The van der Waals surface area contributed by atoms with Crippen molar-refractivity contribution in [2.45, 2.75) is 20.0 Å². The van der Waals surface area contributed by atoms with E-state index in [0.29, 0.717) is 5.69 Å². The molecule has 1 aromatic rings. The van der Waals surface area contributed by atoms with Crippen molar-refractivity contribution in [2.24, 2.45) is 5.92 Å². The predicted molar refractivity (Wildman–Crippen MR) is 58.1 cm³/mol. The van der Waals surface area contributed by atoms with Gasteiger partial charge in [-0.15, -0.1) is 0 Å². The van der Waals surface area contributed by atoms with Gasteiger partial charge in [0.05, 0.1) is 11.6 Å². The summed E-state index contributed by atoms with van der Waals surface area (Å²) in [4.78, 5) is 15.5. The smallest absolute Gasteiger partial charge is 0.309 e. The summed E-state index contributed by atoms with van der Waals surface area (Å²) in [5, 5.41) is 0. The Morgan fingerprint density at radius 3 is 2.73 bits per heavy atom. The molecule has 80 valence electrons. The molecular weight excluding hydrogens is 190 g/mol. The molecule has 3 nitrogen and oxygen atoms in total. The van der Waals surface area contributed by atoms with E-state index in [4.69, 9.17) is 4.74 Å². The van der Waals surface area contributed by atoms with Gasteiger partial charge in [0.25, 0.3) is 0 Å². The second-order valence-corrected chi connectivity index (χ2v) is 3.50. The Morgan fingerprint density at radius 1 is 1.53 bits per heavy atom. The van der Waals surface area contributed by atoms with Gasteiger partial charge < -0.3 is 4.74 Å². The van der Waals surface area contributed by atoms with Crippen LogP contribution < -0.4 is 0 Å². The third-order valence-electron chi connectivity index (χ3n) is 1.91. The van der Waals surface area contributed by atoms with Crippen LogP contribution in [-0.2, 0) is 9.53 Å². The molecule has 15 heavy (non-hydrogen) atoms. The lowest BCUT2D eigenvalue weighted by molar-refractivity contribution is -0.151. The van der Waals surface area contributed by atoms with Gasteiger partial charge in [-0.25, -0.2) is 0 Å². The van der Waals surface area contributed by atoms with E-state index in [1.807, 2.05) is 12.1 Å². The van der Waals surface area contributed by atoms with E-state index < -0.39 is 6.10 Å². The van der Waals surface area contributed by atoms with E-state index in [0.717, 1.165) is 0 Å². The number of nitrogens with zero attached hydrogens (tertiary/aromatic N) is 1. The van der Waals surface area contributed by atoms with Crippen LogP contribution in [0.25, 0.3) is 0 Å². The highest BCUT2D eigenvalue weighted by molar-refractivity contribution is 5.71. The van der Waals surface area contributed by atoms with E-state index in [9.17, 15) is 4.79 Å². The van der Waals surface area contributed by atoms with Gasteiger partial charge in [-0.2, -0.15) is 0 Å². The van der Waals surface area contributed by atoms with Gasteiger partial charge >= 0.3 is 5.97 Å². The van der Waals surface area contributed by atoms with Gasteiger partial charge in [0.1, 0.15) is 0 Å². The van der Waals surface area contributed by atoms with Crippen molar-refractivity contribution in [1.29, 1.82) is 0 Å². The highest BCUT2D eigenvalue weighted by atomic mass is 16.5. The predicted octanol–water partition coefficient (Wildman–Crippen LogP) is 2.51. The zero-order chi connectivity index (χ0) is 11.3. The number of esters is 1. The fourth-order valence-electron chi connectivity index (χ4n) is 1.03. The van der Waals surface area contributed by atoms with E-state index in [1.54, 1.807) is 32.2 Å². The van der Waals surface area contributed by atoms with Crippen molar-refractivity contribution < 1.29 is 9.53 Å². The Labute approximate surface area is 89.8 Å². The van der Waals surface area contributed by atoms with Crippen molar-refractivity contribution >= 4 is 5.97 Å². The fourth-order valence-corrected chi connectivity index (χ4v) is 1.03. The van der Waals surface area contributed by atoms with E-state index in [-0.39, 0.29) is 11.9 Å². The Bertz CT molecular complexity index is 333. The highest BCUT2D eigenvalue weighted by Gasteiger charge is 2.16. The second kappa shape index (κ2) is 5.29. The lowest BCUT2D eigenvalue weighted by atomic mass is 10.2. The second-order valence-electron chi connectivity index (χ2n) is 3.50. The topological polar surface area (TPSA) is 39.2 Å². The summed E-state index contributed by atoms with van der Waals surface area (Å²) in [5.41, 5.74) is 0.696. The van der Waals surface area contributed by atoms with E-state index in [1.165, 1.54) is 0 Å². The highest BCUT2D eigenvalue weighted by Crippen LogP contribution is 2.17. The first kappa shape index (κ1) is 11.4. The summed E-state index contributed by atoms with van der Waals surface area (Å²) in [5.74, 6) is -0.387. The molecule has 0 radical (unpaired) electrons. The zero-order valence-electron chi connectivity index (χ0n) is 9.01. The number of carbonyl (C=O) groups is 1. The van der Waals surface area contributed by atoms with Crippen LogP contribution in [0, 0.1) is 5.92 Å².